The summed E-state index contributed by atoms with van der Waals surface area (Å²) in [6.45, 7) is 3.51. The summed E-state index contributed by atoms with van der Waals surface area (Å²) in [6.07, 6.45) is 3.09. The topological polar surface area (TPSA) is 187 Å². The fourth-order valence-electron chi connectivity index (χ4n) is 4.57. The molecule has 14 nitrogen and oxygen atoms in total. The van der Waals surface area contributed by atoms with Crippen LogP contribution in [0.25, 0.3) is 50.3 Å². The van der Waals surface area contributed by atoms with E-state index in [-0.39, 0.29) is 67.1 Å². The van der Waals surface area contributed by atoms with E-state index in [4.69, 9.17) is 47.7 Å². The van der Waals surface area contributed by atoms with Gasteiger partial charge in [0.05, 0.1) is 55.0 Å². The van der Waals surface area contributed by atoms with Gasteiger partial charge in [0, 0.05) is 16.2 Å². The van der Waals surface area contributed by atoms with Gasteiger partial charge in [-0.05, 0) is 54.8 Å². The fourth-order valence-corrected chi connectivity index (χ4v) is 5.01. The molecule has 0 spiro atoms. The Morgan fingerprint density at radius 3 is 1.88 bits per heavy atom. The maximum atomic E-state index is 14.7. The number of ether oxygens (including phenoxy) is 4. The molecule has 0 aliphatic rings. The minimum atomic E-state index is -0.818. The van der Waals surface area contributed by atoms with E-state index in [1.165, 1.54) is 58.8 Å². The van der Waals surface area contributed by atoms with Crippen LogP contribution in [0.1, 0.15) is 39.2 Å². The smallest absolute Gasteiger partial charge is 0.357 e. The lowest BCUT2D eigenvalue weighted by Gasteiger charge is -2.12. The zero-order valence-electron chi connectivity index (χ0n) is 27.1. The molecule has 50 heavy (non-hydrogen) atoms. The van der Waals surface area contributed by atoms with E-state index < -0.39 is 23.6 Å². The van der Waals surface area contributed by atoms with Crippen LogP contribution in [-0.2, 0) is 9.47 Å². The summed E-state index contributed by atoms with van der Waals surface area (Å²) in [5.41, 5.74) is 9.99. The third-order valence-electron chi connectivity index (χ3n) is 6.77. The molecule has 0 saturated carbocycles. The number of benzene rings is 2. The molecule has 0 fully saturated rings. The fraction of sp³-hybridized carbons (Fsp3) is 0.188. The first-order chi connectivity index (χ1) is 23.9. The number of azide groups is 1. The highest BCUT2D eigenvalue weighted by atomic mass is 35.5. The second kappa shape index (κ2) is 16.0. The second-order valence-electron chi connectivity index (χ2n) is 9.80. The largest absolute Gasteiger partial charge is 0.492 e. The summed E-state index contributed by atoms with van der Waals surface area (Å²) in [6, 6.07) is 7.35. The van der Waals surface area contributed by atoms with Gasteiger partial charge in [0.25, 0.3) is 0 Å². The van der Waals surface area contributed by atoms with Crippen LogP contribution in [0.3, 0.4) is 0 Å². The maximum absolute atomic E-state index is 14.7. The third kappa shape index (κ3) is 7.42. The number of hydrogen-bond donors (Lipinski definition) is 1. The number of allylic oxidation sites excluding steroid dienone is 1. The van der Waals surface area contributed by atoms with Crippen LogP contribution in [-0.4, -0.2) is 65.3 Å². The lowest BCUT2D eigenvalue weighted by molar-refractivity contribution is 0.0586. The zero-order chi connectivity index (χ0) is 36.7. The average Bonchev–Trinajstić information content (AvgIpc) is 3.48. The van der Waals surface area contributed by atoms with E-state index in [0.717, 1.165) is 5.69 Å². The molecule has 5 aromatic rings. The molecule has 0 amide bonds. The van der Waals surface area contributed by atoms with E-state index in [2.05, 4.69) is 34.9 Å². The van der Waals surface area contributed by atoms with Gasteiger partial charge in [-0.15, -0.1) is 0 Å². The molecule has 5 rings (SSSR count). The van der Waals surface area contributed by atoms with Crippen molar-refractivity contribution in [1.82, 2.24) is 24.9 Å². The summed E-state index contributed by atoms with van der Waals surface area (Å²) in [5, 5.41) is 4.16. The Kier molecular flexibility index (Phi) is 11.9. The zero-order valence-corrected chi connectivity index (χ0v) is 28.6. The molecule has 3 heterocycles. The van der Waals surface area contributed by atoms with Crippen LogP contribution in [0.5, 0.6) is 11.5 Å². The molecule has 0 aliphatic heterocycles. The van der Waals surface area contributed by atoms with Crippen molar-refractivity contribution in [3.05, 3.63) is 91.2 Å². The first-order valence-electron chi connectivity index (χ1n) is 14.1. The molecular weight excluding hydrogens is 701 g/mol. The summed E-state index contributed by atoms with van der Waals surface area (Å²) < 4.78 is 48.7. The molecule has 18 heteroatoms. The minimum absolute atomic E-state index is 0.0252. The van der Waals surface area contributed by atoms with Gasteiger partial charge in [0.1, 0.15) is 11.5 Å². The Balaban J connectivity index is 0.000000225. The number of halogens is 4. The molecule has 0 aliphatic carbocycles. The average molecular weight is 728 g/mol. The van der Waals surface area contributed by atoms with Gasteiger partial charge in [0.15, 0.2) is 46.2 Å². The number of hydrogen-bond acceptors (Lipinski definition) is 11. The van der Waals surface area contributed by atoms with Crippen molar-refractivity contribution in [2.75, 3.05) is 28.4 Å². The number of carbonyl (C=O) groups excluding carboxylic acids is 2. The van der Waals surface area contributed by atoms with Crippen LogP contribution < -0.4 is 9.47 Å². The van der Waals surface area contributed by atoms with Gasteiger partial charge in [-0.2, -0.15) is 0 Å². The SMILES string of the molecule is C/C=C\c1c(N=[N+]=[N-])nc(-c2ccc(Cl)c(OC)c2F)nc1C(=O)OC.COC(=O)c1nc(-c2ccc(Cl)c(OC)c2F)nc2[nH]c(C)cc12. The molecule has 0 atom stereocenters. The first-order valence-corrected chi connectivity index (χ1v) is 14.9. The number of nitrogens with one attached hydrogen (secondary N) is 1. The van der Waals surface area contributed by atoms with E-state index in [9.17, 15) is 18.4 Å². The van der Waals surface area contributed by atoms with Crippen molar-refractivity contribution in [3.63, 3.8) is 0 Å². The van der Waals surface area contributed by atoms with Crippen molar-refractivity contribution < 1.29 is 37.3 Å². The molecule has 2 aromatic carbocycles. The number of H-pyrrole nitrogens is 1. The monoisotopic (exact) mass is 726 g/mol. The molecule has 1 N–H and O–H groups in total. The summed E-state index contributed by atoms with van der Waals surface area (Å²) >= 11 is 11.8. The molecule has 3 aromatic heterocycles. The minimum Gasteiger partial charge on any atom is -0.492 e. The van der Waals surface area contributed by atoms with Gasteiger partial charge in [-0.25, -0.2) is 38.3 Å². The number of esters is 2. The predicted molar refractivity (Wildman–Crippen MR) is 181 cm³/mol. The quantitative estimate of drug-likeness (QED) is 0.0706. The van der Waals surface area contributed by atoms with E-state index in [1.54, 1.807) is 19.1 Å². The highest BCUT2D eigenvalue weighted by Crippen LogP contribution is 2.36. The number of methoxy groups -OCH3 is 4. The van der Waals surface area contributed by atoms with Gasteiger partial charge < -0.3 is 23.9 Å². The van der Waals surface area contributed by atoms with E-state index in [1.807, 2.05) is 6.92 Å². The van der Waals surface area contributed by atoms with Crippen LogP contribution in [0.2, 0.25) is 10.0 Å². The predicted octanol–water partition coefficient (Wildman–Crippen LogP) is 8.23. The molecule has 0 bridgehead atoms. The first kappa shape index (κ1) is 37.0. The Morgan fingerprint density at radius 1 is 0.860 bits per heavy atom. The molecule has 0 radical (unpaired) electrons. The van der Waals surface area contributed by atoms with Crippen molar-refractivity contribution in [2.24, 2.45) is 5.11 Å². The summed E-state index contributed by atoms with van der Waals surface area (Å²) in [7, 11) is 4.99. The highest BCUT2D eigenvalue weighted by Gasteiger charge is 2.24. The number of aryl methyl sites for hydroxylation is 1. The molecular formula is C32H26Cl2F2N8O6. The molecule has 0 saturated heterocycles. The van der Waals surface area contributed by atoms with Crippen LogP contribution in [0.15, 0.2) is 41.5 Å². The van der Waals surface area contributed by atoms with Crippen molar-refractivity contribution in [3.8, 4) is 34.3 Å². The Hall–Kier alpha value is -5.83. The highest BCUT2D eigenvalue weighted by molar-refractivity contribution is 6.32. The summed E-state index contributed by atoms with van der Waals surface area (Å²) in [5.74, 6) is -3.57. The number of aromatic nitrogens is 5. The maximum Gasteiger partial charge on any atom is 0.357 e. The van der Waals surface area contributed by atoms with Gasteiger partial charge >= 0.3 is 11.9 Å². The van der Waals surface area contributed by atoms with Gasteiger partial charge in [-0.1, -0.05) is 35.4 Å². The Bertz CT molecular complexity index is 2210. The number of aromatic amines is 1. The molecule has 0 unspecified atom stereocenters. The van der Waals surface area contributed by atoms with Crippen LogP contribution in [0.4, 0.5) is 14.6 Å². The molecule has 258 valence electrons. The standard InChI is InChI=1S/C16H13ClFN5O3.C16H13ClFN3O3/c1-4-5-9-12(16(24)26-3)20-14(21-15(9)22-23-19)8-6-7-10(17)13(25-2)11(8)18;1-7-6-9-12(16(22)24-3)20-14(21-15(9)19-7)8-4-5-10(17)13(23-2)11(8)18/h4-7H,1-3H3;4-6H,1-3H3,(H,19,20,21)/b5-4-;. The summed E-state index contributed by atoms with van der Waals surface area (Å²) in [4.78, 5) is 46.4. The van der Waals surface area contributed by atoms with Crippen LogP contribution in [0, 0.1) is 18.6 Å². The lowest BCUT2D eigenvalue weighted by atomic mass is 10.1. The third-order valence-corrected chi connectivity index (χ3v) is 7.36. The Labute approximate surface area is 292 Å². The Morgan fingerprint density at radius 2 is 1.38 bits per heavy atom. The van der Waals surface area contributed by atoms with E-state index in [0.29, 0.717) is 11.0 Å². The van der Waals surface area contributed by atoms with Crippen molar-refractivity contribution in [2.45, 2.75) is 13.8 Å². The van der Waals surface area contributed by atoms with Crippen molar-refractivity contribution in [1.29, 1.82) is 0 Å². The number of rotatable bonds is 8. The second-order valence-corrected chi connectivity index (χ2v) is 10.6. The number of nitrogens with zero attached hydrogens (tertiary/aromatic N) is 7. The number of carbonyl (C=O) groups is 2. The number of fused-ring (bicyclic) bond motifs is 1. The lowest BCUT2D eigenvalue weighted by Crippen LogP contribution is -2.10. The van der Waals surface area contributed by atoms with Gasteiger partial charge in [-0.3, -0.25) is 0 Å². The van der Waals surface area contributed by atoms with Crippen molar-refractivity contribution >= 4 is 58.1 Å². The van der Waals surface area contributed by atoms with Crippen LogP contribution >= 0.6 is 23.2 Å². The van der Waals surface area contributed by atoms with Gasteiger partial charge in [0.2, 0.25) is 0 Å². The van der Waals surface area contributed by atoms with E-state index >= 15 is 0 Å². The normalized spacial score (nSPS) is 10.7.